The molecule has 5 nitrogen and oxygen atoms in total. The summed E-state index contributed by atoms with van der Waals surface area (Å²) in [5.41, 5.74) is -0.487. The average molecular weight is 396 g/mol. The molecule has 0 spiro atoms. The Morgan fingerprint density at radius 3 is 2.43 bits per heavy atom. The van der Waals surface area contributed by atoms with Crippen molar-refractivity contribution in [2.24, 2.45) is 0 Å². The number of halogens is 2. The Balaban J connectivity index is 1.48. The van der Waals surface area contributed by atoms with E-state index in [1.54, 1.807) is 0 Å². The molecule has 0 aliphatic carbocycles. The van der Waals surface area contributed by atoms with Crippen LogP contribution in [0.3, 0.4) is 0 Å². The summed E-state index contributed by atoms with van der Waals surface area (Å²) in [5.74, 6) is -1.39. The van der Waals surface area contributed by atoms with Gasteiger partial charge in [0.1, 0.15) is 17.5 Å². The first-order chi connectivity index (χ1) is 13.2. The number of ether oxygens (including phenoxy) is 2. The second-order valence-corrected chi connectivity index (χ2v) is 8.65. The van der Waals surface area contributed by atoms with E-state index >= 15 is 0 Å². The topological polar surface area (TPSA) is 42.0 Å². The van der Waals surface area contributed by atoms with Gasteiger partial charge in [0.25, 0.3) is 0 Å². The highest BCUT2D eigenvalue weighted by molar-refractivity contribution is 5.68. The standard InChI is InChI=1S/C21H30F2N2O3/c1-21(2,3)28-20(26)25-10-4-5-15(14-25)24-11-8-16(9-12-24)27-17-6-7-18(22)19(23)13-17/h6-7,13,15-16H,4-5,8-12,14H2,1-3H3. The third-order valence-corrected chi connectivity index (χ3v) is 5.23. The summed E-state index contributed by atoms with van der Waals surface area (Å²) in [5, 5.41) is 0. The van der Waals surface area contributed by atoms with Gasteiger partial charge in [-0.15, -0.1) is 0 Å². The van der Waals surface area contributed by atoms with Crippen molar-refractivity contribution < 1.29 is 23.0 Å². The lowest BCUT2D eigenvalue weighted by atomic mass is 10.00. The van der Waals surface area contributed by atoms with Gasteiger partial charge >= 0.3 is 6.09 Å². The third kappa shape index (κ3) is 5.56. The number of carbonyl (C=O) groups excluding carboxylic acids is 1. The monoisotopic (exact) mass is 396 g/mol. The highest BCUT2D eigenvalue weighted by atomic mass is 19.2. The van der Waals surface area contributed by atoms with Gasteiger partial charge in [-0.2, -0.15) is 0 Å². The fourth-order valence-corrected chi connectivity index (χ4v) is 3.85. The predicted molar refractivity (Wildman–Crippen MR) is 102 cm³/mol. The van der Waals surface area contributed by atoms with Crippen LogP contribution in [0.1, 0.15) is 46.5 Å². The van der Waals surface area contributed by atoms with Gasteiger partial charge in [0.15, 0.2) is 11.6 Å². The molecule has 156 valence electrons. The molecule has 2 fully saturated rings. The van der Waals surface area contributed by atoms with Crippen molar-refractivity contribution in [3.05, 3.63) is 29.8 Å². The average Bonchev–Trinajstić information content (AvgIpc) is 2.64. The van der Waals surface area contributed by atoms with Gasteiger partial charge in [-0.3, -0.25) is 4.90 Å². The number of likely N-dealkylation sites (tertiary alicyclic amines) is 2. The van der Waals surface area contributed by atoms with Gasteiger partial charge in [-0.1, -0.05) is 0 Å². The van der Waals surface area contributed by atoms with Gasteiger partial charge in [0.05, 0.1) is 0 Å². The second-order valence-electron chi connectivity index (χ2n) is 8.65. The van der Waals surface area contributed by atoms with E-state index in [2.05, 4.69) is 4.90 Å². The van der Waals surface area contributed by atoms with Crippen molar-refractivity contribution in [2.45, 2.75) is 64.2 Å². The lowest BCUT2D eigenvalue weighted by molar-refractivity contribution is 0.00341. The van der Waals surface area contributed by atoms with Crippen molar-refractivity contribution in [3.63, 3.8) is 0 Å². The fraction of sp³-hybridized carbons (Fsp3) is 0.667. The molecule has 0 bridgehead atoms. The highest BCUT2D eigenvalue weighted by Crippen LogP contribution is 2.25. The maximum absolute atomic E-state index is 13.3. The van der Waals surface area contributed by atoms with E-state index < -0.39 is 17.2 Å². The Hall–Kier alpha value is -1.89. The molecule has 2 aliphatic rings. The number of amides is 1. The van der Waals surface area contributed by atoms with Crippen LogP contribution in [0.4, 0.5) is 13.6 Å². The summed E-state index contributed by atoms with van der Waals surface area (Å²) in [6.07, 6.45) is 3.42. The summed E-state index contributed by atoms with van der Waals surface area (Å²) in [6, 6.07) is 3.98. The predicted octanol–water partition coefficient (Wildman–Crippen LogP) is 4.21. The molecule has 0 radical (unpaired) electrons. The van der Waals surface area contributed by atoms with Gasteiger partial charge in [0, 0.05) is 38.3 Å². The summed E-state index contributed by atoms with van der Waals surface area (Å²) in [7, 11) is 0. The molecule has 0 saturated carbocycles. The van der Waals surface area contributed by atoms with Crippen LogP contribution in [0.5, 0.6) is 5.75 Å². The Morgan fingerprint density at radius 1 is 1.07 bits per heavy atom. The van der Waals surface area contributed by atoms with Gasteiger partial charge < -0.3 is 14.4 Å². The molecular formula is C21H30F2N2O3. The van der Waals surface area contributed by atoms with E-state index in [9.17, 15) is 13.6 Å². The van der Waals surface area contributed by atoms with Crippen LogP contribution in [0.2, 0.25) is 0 Å². The van der Waals surface area contributed by atoms with Crippen LogP contribution >= 0.6 is 0 Å². The lowest BCUT2D eigenvalue weighted by Crippen LogP contribution is -2.53. The SMILES string of the molecule is CC(C)(C)OC(=O)N1CCCC(N2CCC(Oc3ccc(F)c(F)c3)CC2)C1. The molecule has 0 aromatic heterocycles. The Bertz CT molecular complexity index is 685. The molecule has 28 heavy (non-hydrogen) atoms. The fourth-order valence-electron chi connectivity index (χ4n) is 3.85. The number of rotatable bonds is 3. The van der Waals surface area contributed by atoms with Gasteiger partial charge in [-0.05, 0) is 58.6 Å². The minimum absolute atomic E-state index is 0.00772. The van der Waals surface area contributed by atoms with Crippen molar-refractivity contribution in [2.75, 3.05) is 26.2 Å². The molecule has 0 N–H and O–H groups in total. The van der Waals surface area contributed by atoms with E-state index in [-0.39, 0.29) is 12.2 Å². The second kappa shape index (κ2) is 8.64. The smallest absolute Gasteiger partial charge is 0.410 e. The normalized spacial score (nSPS) is 22.2. The number of carbonyl (C=O) groups is 1. The quantitative estimate of drug-likeness (QED) is 0.768. The zero-order valence-corrected chi connectivity index (χ0v) is 16.9. The first-order valence-corrected chi connectivity index (χ1v) is 10.0. The van der Waals surface area contributed by atoms with Crippen LogP contribution in [0.15, 0.2) is 18.2 Å². The van der Waals surface area contributed by atoms with Crippen molar-refractivity contribution in [1.29, 1.82) is 0 Å². The summed E-state index contributed by atoms with van der Waals surface area (Å²) in [6.45, 7) is 8.78. The molecular weight excluding hydrogens is 366 g/mol. The largest absolute Gasteiger partial charge is 0.490 e. The number of benzene rings is 1. The molecule has 1 aromatic carbocycles. The molecule has 3 rings (SSSR count). The van der Waals surface area contributed by atoms with E-state index in [0.717, 1.165) is 57.5 Å². The molecule has 1 amide bonds. The van der Waals surface area contributed by atoms with E-state index in [4.69, 9.17) is 9.47 Å². The number of hydrogen-bond donors (Lipinski definition) is 0. The van der Waals surface area contributed by atoms with Gasteiger partial charge in [0.2, 0.25) is 0 Å². The number of piperidine rings is 2. The van der Waals surface area contributed by atoms with Crippen LogP contribution in [0, 0.1) is 11.6 Å². The summed E-state index contributed by atoms with van der Waals surface area (Å²) >= 11 is 0. The van der Waals surface area contributed by atoms with Crippen molar-refractivity contribution in [1.82, 2.24) is 9.80 Å². The van der Waals surface area contributed by atoms with E-state index in [1.807, 2.05) is 25.7 Å². The summed E-state index contributed by atoms with van der Waals surface area (Å²) < 4.78 is 37.7. The van der Waals surface area contributed by atoms with Crippen LogP contribution in [0.25, 0.3) is 0 Å². The van der Waals surface area contributed by atoms with E-state index in [0.29, 0.717) is 18.3 Å². The zero-order valence-electron chi connectivity index (χ0n) is 16.9. The van der Waals surface area contributed by atoms with Crippen LogP contribution < -0.4 is 4.74 Å². The van der Waals surface area contributed by atoms with Crippen LogP contribution in [-0.2, 0) is 4.74 Å². The maximum atomic E-state index is 13.3. The molecule has 1 unspecified atom stereocenters. The Kier molecular flexibility index (Phi) is 6.43. The van der Waals surface area contributed by atoms with Crippen molar-refractivity contribution >= 4 is 6.09 Å². The van der Waals surface area contributed by atoms with E-state index in [1.165, 1.54) is 6.07 Å². The first kappa shape index (κ1) is 20.8. The Labute approximate surface area is 165 Å². The first-order valence-electron chi connectivity index (χ1n) is 10.0. The molecule has 2 heterocycles. The lowest BCUT2D eigenvalue weighted by Gasteiger charge is -2.42. The molecule has 7 heteroatoms. The zero-order chi connectivity index (χ0) is 20.3. The minimum Gasteiger partial charge on any atom is -0.490 e. The van der Waals surface area contributed by atoms with Crippen molar-refractivity contribution in [3.8, 4) is 5.75 Å². The molecule has 1 atom stereocenters. The Morgan fingerprint density at radius 2 is 1.79 bits per heavy atom. The van der Waals surface area contributed by atoms with Crippen LogP contribution in [-0.4, -0.2) is 59.8 Å². The molecule has 2 saturated heterocycles. The summed E-state index contributed by atoms with van der Waals surface area (Å²) in [4.78, 5) is 16.6. The number of hydrogen-bond acceptors (Lipinski definition) is 4. The van der Waals surface area contributed by atoms with Gasteiger partial charge in [-0.25, -0.2) is 13.6 Å². The molecule has 1 aromatic rings. The minimum atomic E-state index is -0.889. The third-order valence-electron chi connectivity index (χ3n) is 5.23. The molecule has 2 aliphatic heterocycles. The number of nitrogens with zero attached hydrogens (tertiary/aromatic N) is 2. The highest BCUT2D eigenvalue weighted by Gasteiger charge is 2.32. The maximum Gasteiger partial charge on any atom is 0.410 e.